The molecule has 222 valence electrons. The number of methoxy groups -OCH3 is 1. The second-order valence-corrected chi connectivity index (χ2v) is 10.4. The summed E-state index contributed by atoms with van der Waals surface area (Å²) < 4.78 is 11.0. The molecular formula is C32H32N4O7. The highest BCUT2D eigenvalue weighted by Gasteiger charge is 2.38. The van der Waals surface area contributed by atoms with Crippen molar-refractivity contribution in [2.75, 3.05) is 26.7 Å². The highest BCUT2D eigenvalue weighted by Crippen LogP contribution is 2.36. The van der Waals surface area contributed by atoms with Crippen LogP contribution in [0, 0.1) is 0 Å². The van der Waals surface area contributed by atoms with Gasteiger partial charge in [0.2, 0.25) is 5.91 Å². The maximum absolute atomic E-state index is 14.3. The lowest BCUT2D eigenvalue weighted by Gasteiger charge is -2.42. The van der Waals surface area contributed by atoms with Gasteiger partial charge >= 0.3 is 5.97 Å². The lowest BCUT2D eigenvalue weighted by atomic mass is 9.90. The summed E-state index contributed by atoms with van der Waals surface area (Å²) in [6, 6.07) is 19.5. The standard InChI is InChI=1S/C32H32N4O7/c1-42-29-22-10-5-6-11-24(22)34-28(27(29)30(33)39)23(13-14-26(37)38)31(40)35-15-16-36(32(41)25-12-7-17-43-25)21(19-35)18-20-8-3-2-4-9-20/h2-12,17,21,23H,13-16,18-19H2,1H3,(H2,33,39)(H,37,38). The molecule has 5 rings (SSSR count). The number of amides is 3. The van der Waals surface area contributed by atoms with E-state index < -0.39 is 29.7 Å². The van der Waals surface area contributed by atoms with E-state index >= 15 is 0 Å². The van der Waals surface area contributed by atoms with Crippen LogP contribution in [0.1, 0.15) is 50.9 Å². The molecule has 2 unspecified atom stereocenters. The number of primary amides is 1. The van der Waals surface area contributed by atoms with Crippen LogP contribution in [-0.4, -0.2) is 76.4 Å². The van der Waals surface area contributed by atoms with Gasteiger partial charge in [0.05, 0.1) is 36.5 Å². The summed E-state index contributed by atoms with van der Waals surface area (Å²) in [6.45, 7) is 0.600. The summed E-state index contributed by atoms with van der Waals surface area (Å²) in [5, 5.41) is 10.1. The number of rotatable bonds is 10. The van der Waals surface area contributed by atoms with Crippen molar-refractivity contribution in [2.45, 2.75) is 31.2 Å². The SMILES string of the molecule is COc1c(C(N)=O)c(C(CCC(=O)O)C(=O)N2CCN(C(=O)c3ccco3)C(Cc3ccccc3)C2)nc2ccccc12. The summed E-state index contributed by atoms with van der Waals surface area (Å²) in [4.78, 5) is 60.1. The zero-order valence-electron chi connectivity index (χ0n) is 23.6. The predicted octanol–water partition coefficient (Wildman–Crippen LogP) is 3.48. The zero-order valence-corrected chi connectivity index (χ0v) is 23.6. The van der Waals surface area contributed by atoms with E-state index in [0.717, 1.165) is 5.56 Å². The van der Waals surface area contributed by atoms with Gasteiger partial charge in [-0.2, -0.15) is 0 Å². The van der Waals surface area contributed by atoms with E-state index in [4.69, 9.17) is 14.9 Å². The van der Waals surface area contributed by atoms with Gasteiger partial charge < -0.3 is 29.8 Å². The molecule has 0 radical (unpaired) electrons. The first-order chi connectivity index (χ1) is 20.8. The van der Waals surface area contributed by atoms with Gasteiger partial charge in [-0.25, -0.2) is 0 Å². The lowest BCUT2D eigenvalue weighted by Crippen LogP contribution is -2.58. The summed E-state index contributed by atoms with van der Waals surface area (Å²) in [6.07, 6.45) is 1.46. The number of fused-ring (bicyclic) bond motifs is 1. The molecule has 1 aliphatic heterocycles. The van der Waals surface area contributed by atoms with Crippen molar-refractivity contribution in [2.24, 2.45) is 5.73 Å². The average Bonchev–Trinajstić information content (AvgIpc) is 3.55. The number of nitrogens with two attached hydrogens (primary N) is 1. The number of para-hydroxylation sites is 1. The molecule has 2 atom stereocenters. The first-order valence-corrected chi connectivity index (χ1v) is 13.9. The average molecular weight is 585 g/mol. The number of ether oxygens (including phenoxy) is 1. The minimum atomic E-state index is -1.10. The Balaban J connectivity index is 1.53. The van der Waals surface area contributed by atoms with E-state index in [-0.39, 0.29) is 61.2 Å². The minimum absolute atomic E-state index is 0.0580. The van der Waals surface area contributed by atoms with Gasteiger partial charge in [-0.05, 0) is 42.7 Å². The number of piperazine rings is 1. The largest absolute Gasteiger partial charge is 0.495 e. The van der Waals surface area contributed by atoms with Crippen LogP contribution in [-0.2, 0) is 16.0 Å². The Bertz CT molecular complexity index is 1640. The topological polar surface area (TPSA) is 156 Å². The van der Waals surface area contributed by atoms with Crippen molar-refractivity contribution in [3.05, 3.63) is 95.6 Å². The molecule has 3 heterocycles. The summed E-state index contributed by atoms with van der Waals surface area (Å²) in [7, 11) is 1.40. The minimum Gasteiger partial charge on any atom is -0.495 e. The van der Waals surface area contributed by atoms with E-state index in [1.54, 1.807) is 46.2 Å². The third kappa shape index (κ3) is 6.20. The van der Waals surface area contributed by atoms with Crippen molar-refractivity contribution in [1.29, 1.82) is 0 Å². The fourth-order valence-corrected chi connectivity index (χ4v) is 5.69. The van der Waals surface area contributed by atoms with Crippen LogP contribution >= 0.6 is 0 Å². The number of hydrogen-bond donors (Lipinski definition) is 2. The molecule has 1 aliphatic rings. The number of carboxylic acids is 1. The maximum atomic E-state index is 14.3. The Morgan fingerprint density at radius 1 is 1.05 bits per heavy atom. The molecule has 3 N–H and O–H groups in total. The van der Waals surface area contributed by atoms with Gasteiger partial charge in [0.15, 0.2) is 5.76 Å². The van der Waals surface area contributed by atoms with Crippen LogP contribution in [0.25, 0.3) is 10.9 Å². The highest BCUT2D eigenvalue weighted by molar-refractivity contribution is 6.04. The second kappa shape index (κ2) is 12.8. The van der Waals surface area contributed by atoms with Crippen molar-refractivity contribution >= 4 is 34.6 Å². The Hall–Kier alpha value is -5.19. The summed E-state index contributed by atoms with van der Waals surface area (Å²) in [5.41, 5.74) is 7.28. The smallest absolute Gasteiger partial charge is 0.303 e. The lowest BCUT2D eigenvalue weighted by molar-refractivity contribution is -0.138. The third-order valence-electron chi connectivity index (χ3n) is 7.70. The molecule has 2 aromatic carbocycles. The maximum Gasteiger partial charge on any atom is 0.303 e. The molecule has 43 heavy (non-hydrogen) atoms. The molecule has 0 bridgehead atoms. The van der Waals surface area contributed by atoms with Crippen LogP contribution in [0.4, 0.5) is 0 Å². The van der Waals surface area contributed by atoms with Crippen molar-refractivity contribution < 1.29 is 33.4 Å². The normalized spacial score (nSPS) is 15.7. The number of carboxylic acid groups (broad SMARTS) is 1. The Kier molecular flexibility index (Phi) is 8.70. The van der Waals surface area contributed by atoms with Gasteiger partial charge in [-0.15, -0.1) is 0 Å². The molecule has 2 aromatic heterocycles. The fourth-order valence-electron chi connectivity index (χ4n) is 5.69. The quantitative estimate of drug-likeness (QED) is 0.287. The molecule has 0 spiro atoms. The molecule has 3 amide bonds. The fraction of sp³-hybridized carbons (Fsp3) is 0.281. The Morgan fingerprint density at radius 2 is 1.79 bits per heavy atom. The number of hydrogen-bond acceptors (Lipinski definition) is 7. The Labute approximate surface area is 247 Å². The summed E-state index contributed by atoms with van der Waals surface area (Å²) >= 11 is 0. The van der Waals surface area contributed by atoms with Crippen LogP contribution in [0.5, 0.6) is 5.75 Å². The number of aliphatic carboxylic acids is 1. The highest BCUT2D eigenvalue weighted by atomic mass is 16.5. The molecular weight excluding hydrogens is 552 g/mol. The molecule has 4 aromatic rings. The van der Waals surface area contributed by atoms with Crippen molar-refractivity contribution in [3.63, 3.8) is 0 Å². The van der Waals surface area contributed by atoms with E-state index in [2.05, 4.69) is 4.98 Å². The first-order valence-electron chi connectivity index (χ1n) is 13.9. The monoisotopic (exact) mass is 584 g/mol. The number of carbonyl (C=O) groups is 4. The van der Waals surface area contributed by atoms with E-state index in [1.807, 2.05) is 30.3 Å². The predicted molar refractivity (Wildman–Crippen MR) is 157 cm³/mol. The number of carbonyl (C=O) groups excluding carboxylic acids is 3. The molecule has 11 heteroatoms. The van der Waals surface area contributed by atoms with E-state index in [9.17, 15) is 24.3 Å². The number of benzene rings is 2. The third-order valence-corrected chi connectivity index (χ3v) is 7.70. The van der Waals surface area contributed by atoms with Gasteiger partial charge in [0.25, 0.3) is 11.8 Å². The zero-order chi connectivity index (χ0) is 30.5. The first kappa shape index (κ1) is 29.3. The van der Waals surface area contributed by atoms with Gasteiger partial charge in [0, 0.05) is 31.4 Å². The molecule has 1 fully saturated rings. The number of pyridine rings is 1. The molecule has 0 saturated carbocycles. The van der Waals surface area contributed by atoms with E-state index in [1.165, 1.54) is 13.4 Å². The van der Waals surface area contributed by atoms with Crippen molar-refractivity contribution in [3.8, 4) is 5.75 Å². The van der Waals surface area contributed by atoms with Crippen LogP contribution in [0.15, 0.2) is 77.4 Å². The molecule has 0 aliphatic carbocycles. The van der Waals surface area contributed by atoms with Crippen molar-refractivity contribution in [1.82, 2.24) is 14.8 Å². The number of aromatic nitrogens is 1. The van der Waals surface area contributed by atoms with Crippen LogP contribution < -0.4 is 10.5 Å². The molecule has 1 saturated heterocycles. The van der Waals surface area contributed by atoms with E-state index in [0.29, 0.717) is 17.3 Å². The number of nitrogens with zero attached hydrogens (tertiary/aromatic N) is 3. The summed E-state index contributed by atoms with van der Waals surface area (Å²) in [5.74, 6) is -3.33. The molecule has 11 nitrogen and oxygen atoms in total. The second-order valence-electron chi connectivity index (χ2n) is 10.4. The van der Waals surface area contributed by atoms with Crippen LogP contribution in [0.3, 0.4) is 0 Å². The Morgan fingerprint density at radius 3 is 2.47 bits per heavy atom. The number of furan rings is 1. The van der Waals surface area contributed by atoms with Crippen LogP contribution in [0.2, 0.25) is 0 Å². The van der Waals surface area contributed by atoms with Gasteiger partial charge in [-0.3, -0.25) is 24.2 Å². The van der Waals surface area contributed by atoms with Gasteiger partial charge in [0.1, 0.15) is 11.3 Å². The van der Waals surface area contributed by atoms with Gasteiger partial charge in [-0.1, -0.05) is 42.5 Å².